The summed E-state index contributed by atoms with van der Waals surface area (Å²) in [5, 5.41) is 10.3. The van der Waals surface area contributed by atoms with Gasteiger partial charge in [-0.15, -0.1) is 0 Å². The van der Waals surface area contributed by atoms with Crippen molar-refractivity contribution in [2.45, 2.75) is 46.2 Å². The van der Waals surface area contributed by atoms with Crippen LogP contribution in [0.1, 0.15) is 39.3 Å². The Hall–Kier alpha value is -0.900. The van der Waals surface area contributed by atoms with Crippen molar-refractivity contribution in [3.05, 3.63) is 11.6 Å². The van der Waals surface area contributed by atoms with Crippen LogP contribution in [0.15, 0.2) is 0 Å². The molecule has 1 rings (SSSR count). The zero-order chi connectivity index (χ0) is 9.90. The SMILES string of the molecule is CCc1n[nH]c(CNC(C)(C)C)n1. The Balaban J connectivity index is 2.46. The van der Waals surface area contributed by atoms with Gasteiger partial charge in [-0.1, -0.05) is 6.92 Å². The molecular formula is C9H18N4. The molecule has 1 heterocycles. The number of rotatable bonds is 3. The first-order valence-corrected chi connectivity index (χ1v) is 4.66. The molecule has 0 aliphatic carbocycles. The molecule has 2 N–H and O–H groups in total. The van der Waals surface area contributed by atoms with Gasteiger partial charge >= 0.3 is 0 Å². The molecular weight excluding hydrogens is 164 g/mol. The molecule has 0 aliphatic rings. The van der Waals surface area contributed by atoms with E-state index in [1.54, 1.807) is 0 Å². The third kappa shape index (κ3) is 3.55. The molecule has 0 aliphatic heterocycles. The van der Waals surface area contributed by atoms with Crippen molar-refractivity contribution in [2.24, 2.45) is 0 Å². The molecule has 0 fully saturated rings. The van der Waals surface area contributed by atoms with E-state index in [4.69, 9.17) is 0 Å². The van der Waals surface area contributed by atoms with Gasteiger partial charge in [0.25, 0.3) is 0 Å². The van der Waals surface area contributed by atoms with E-state index in [2.05, 4.69) is 41.3 Å². The van der Waals surface area contributed by atoms with E-state index >= 15 is 0 Å². The number of aromatic nitrogens is 3. The van der Waals surface area contributed by atoms with Crippen molar-refractivity contribution < 1.29 is 0 Å². The highest BCUT2D eigenvalue weighted by Gasteiger charge is 2.09. The van der Waals surface area contributed by atoms with Crippen molar-refractivity contribution >= 4 is 0 Å². The van der Waals surface area contributed by atoms with Crippen LogP contribution < -0.4 is 5.32 Å². The molecule has 0 bridgehead atoms. The fourth-order valence-electron chi connectivity index (χ4n) is 0.921. The number of aromatic amines is 1. The summed E-state index contributed by atoms with van der Waals surface area (Å²) < 4.78 is 0. The zero-order valence-electron chi connectivity index (χ0n) is 8.81. The van der Waals surface area contributed by atoms with Crippen molar-refractivity contribution in [1.82, 2.24) is 20.5 Å². The minimum atomic E-state index is 0.124. The highest BCUT2D eigenvalue weighted by Crippen LogP contribution is 2.00. The van der Waals surface area contributed by atoms with Crippen LogP contribution in [-0.2, 0) is 13.0 Å². The van der Waals surface area contributed by atoms with Crippen LogP contribution in [-0.4, -0.2) is 20.7 Å². The summed E-state index contributed by atoms with van der Waals surface area (Å²) in [5.41, 5.74) is 0.124. The minimum Gasteiger partial charge on any atom is -0.305 e. The topological polar surface area (TPSA) is 53.6 Å². The molecule has 4 nitrogen and oxygen atoms in total. The Bertz CT molecular complexity index is 259. The minimum absolute atomic E-state index is 0.124. The van der Waals surface area contributed by atoms with Crippen LogP contribution in [0, 0.1) is 0 Å². The number of hydrogen-bond donors (Lipinski definition) is 2. The van der Waals surface area contributed by atoms with Gasteiger partial charge in [-0.3, -0.25) is 5.10 Å². The molecule has 1 aromatic rings. The highest BCUT2D eigenvalue weighted by atomic mass is 15.2. The van der Waals surface area contributed by atoms with E-state index in [9.17, 15) is 0 Å². The second kappa shape index (κ2) is 3.87. The lowest BCUT2D eigenvalue weighted by atomic mass is 10.1. The van der Waals surface area contributed by atoms with E-state index in [0.29, 0.717) is 0 Å². The average Bonchev–Trinajstić information content (AvgIpc) is 2.47. The lowest BCUT2D eigenvalue weighted by Gasteiger charge is -2.19. The van der Waals surface area contributed by atoms with Gasteiger partial charge in [-0.2, -0.15) is 5.10 Å². The highest BCUT2D eigenvalue weighted by molar-refractivity contribution is 4.90. The first-order valence-electron chi connectivity index (χ1n) is 4.66. The smallest absolute Gasteiger partial charge is 0.150 e. The summed E-state index contributed by atoms with van der Waals surface area (Å²) in [6, 6.07) is 0. The fourth-order valence-corrected chi connectivity index (χ4v) is 0.921. The van der Waals surface area contributed by atoms with Gasteiger partial charge < -0.3 is 5.32 Å². The summed E-state index contributed by atoms with van der Waals surface area (Å²) in [6.45, 7) is 9.18. The Morgan fingerprint density at radius 3 is 2.54 bits per heavy atom. The normalized spacial score (nSPS) is 12.0. The summed E-state index contributed by atoms with van der Waals surface area (Å²) in [6.07, 6.45) is 0.881. The van der Waals surface area contributed by atoms with Crippen LogP contribution in [0.2, 0.25) is 0 Å². The second-order valence-corrected chi connectivity index (χ2v) is 4.16. The number of aryl methyl sites for hydroxylation is 1. The molecule has 74 valence electrons. The lowest BCUT2D eigenvalue weighted by molar-refractivity contribution is 0.418. The quantitative estimate of drug-likeness (QED) is 0.740. The van der Waals surface area contributed by atoms with Crippen LogP contribution in [0.4, 0.5) is 0 Å². The van der Waals surface area contributed by atoms with Gasteiger partial charge in [0, 0.05) is 12.0 Å². The third-order valence-electron chi connectivity index (χ3n) is 1.68. The second-order valence-electron chi connectivity index (χ2n) is 4.16. The summed E-state index contributed by atoms with van der Waals surface area (Å²) in [4.78, 5) is 4.30. The van der Waals surface area contributed by atoms with Gasteiger partial charge in [0.2, 0.25) is 0 Å². The fraction of sp³-hybridized carbons (Fsp3) is 0.778. The molecule has 0 radical (unpaired) electrons. The van der Waals surface area contributed by atoms with Crippen LogP contribution in [0.3, 0.4) is 0 Å². The van der Waals surface area contributed by atoms with Crippen LogP contribution in [0.25, 0.3) is 0 Å². The molecule has 0 spiro atoms. The van der Waals surface area contributed by atoms with E-state index in [-0.39, 0.29) is 5.54 Å². The number of hydrogen-bond acceptors (Lipinski definition) is 3. The maximum absolute atomic E-state index is 4.30. The van der Waals surface area contributed by atoms with Crippen molar-refractivity contribution in [3.8, 4) is 0 Å². The Morgan fingerprint density at radius 2 is 2.08 bits per heavy atom. The standard InChI is InChI=1S/C9H18N4/c1-5-7-11-8(13-12-7)6-10-9(2,3)4/h10H,5-6H2,1-4H3,(H,11,12,13). The van der Waals surface area contributed by atoms with Crippen molar-refractivity contribution in [3.63, 3.8) is 0 Å². The maximum atomic E-state index is 4.30. The third-order valence-corrected chi connectivity index (χ3v) is 1.68. The predicted molar refractivity (Wildman–Crippen MR) is 52.4 cm³/mol. The zero-order valence-corrected chi connectivity index (χ0v) is 8.81. The summed E-state index contributed by atoms with van der Waals surface area (Å²) >= 11 is 0. The van der Waals surface area contributed by atoms with E-state index in [1.165, 1.54) is 0 Å². The molecule has 13 heavy (non-hydrogen) atoms. The molecule has 0 saturated heterocycles. The van der Waals surface area contributed by atoms with Gasteiger partial charge in [0.05, 0.1) is 6.54 Å². The van der Waals surface area contributed by atoms with Crippen molar-refractivity contribution in [2.75, 3.05) is 0 Å². The monoisotopic (exact) mass is 182 g/mol. The summed E-state index contributed by atoms with van der Waals surface area (Å²) in [7, 11) is 0. The number of H-pyrrole nitrogens is 1. The molecule has 0 amide bonds. The van der Waals surface area contributed by atoms with E-state index in [0.717, 1.165) is 24.6 Å². The number of nitrogens with zero attached hydrogens (tertiary/aromatic N) is 2. The van der Waals surface area contributed by atoms with Crippen molar-refractivity contribution in [1.29, 1.82) is 0 Å². The van der Waals surface area contributed by atoms with Crippen LogP contribution in [0.5, 0.6) is 0 Å². The predicted octanol–water partition coefficient (Wildman–Crippen LogP) is 1.26. The molecule has 0 unspecified atom stereocenters. The molecule has 4 heteroatoms. The Labute approximate surface area is 79.2 Å². The van der Waals surface area contributed by atoms with Gasteiger partial charge in [0.15, 0.2) is 0 Å². The molecule has 0 aromatic carbocycles. The summed E-state index contributed by atoms with van der Waals surface area (Å²) in [5.74, 6) is 1.79. The maximum Gasteiger partial charge on any atom is 0.150 e. The molecule has 0 atom stereocenters. The van der Waals surface area contributed by atoms with Gasteiger partial charge in [-0.05, 0) is 20.8 Å². The molecule has 0 saturated carbocycles. The lowest BCUT2D eigenvalue weighted by Crippen LogP contribution is -2.35. The van der Waals surface area contributed by atoms with Gasteiger partial charge in [0.1, 0.15) is 11.6 Å². The first-order chi connectivity index (χ1) is 6.01. The Kier molecular flexibility index (Phi) is 3.03. The first kappa shape index (κ1) is 10.2. The van der Waals surface area contributed by atoms with Gasteiger partial charge in [-0.25, -0.2) is 4.98 Å². The number of nitrogens with one attached hydrogen (secondary N) is 2. The Morgan fingerprint density at radius 1 is 1.38 bits per heavy atom. The largest absolute Gasteiger partial charge is 0.305 e. The van der Waals surface area contributed by atoms with E-state index < -0.39 is 0 Å². The molecule has 1 aromatic heterocycles. The van der Waals surface area contributed by atoms with Crippen LogP contribution >= 0.6 is 0 Å². The average molecular weight is 182 g/mol. The van der Waals surface area contributed by atoms with E-state index in [1.807, 2.05) is 6.92 Å².